The highest BCUT2D eigenvalue weighted by Crippen LogP contribution is 2.19. The smallest absolute Gasteiger partial charge is 0.315 e. The van der Waals surface area contributed by atoms with Crippen molar-refractivity contribution in [3.8, 4) is 0 Å². The molecule has 6 heteroatoms. The molecule has 0 fully saturated rings. The van der Waals surface area contributed by atoms with Crippen molar-refractivity contribution in [2.75, 3.05) is 7.05 Å². The van der Waals surface area contributed by atoms with E-state index in [0.29, 0.717) is 12.8 Å². The molecule has 0 spiro atoms. The van der Waals surface area contributed by atoms with Crippen molar-refractivity contribution in [1.29, 1.82) is 0 Å². The molecule has 0 aromatic carbocycles. The average Bonchev–Trinajstić information content (AvgIpc) is 2.35. The summed E-state index contributed by atoms with van der Waals surface area (Å²) in [4.78, 5) is 34.4. The summed E-state index contributed by atoms with van der Waals surface area (Å²) in [5.74, 6) is -1.25. The van der Waals surface area contributed by atoms with Gasteiger partial charge in [-0.05, 0) is 34.1 Å². The highest BCUT2D eigenvalue weighted by atomic mass is 16.6. The molecule has 0 aliphatic carbocycles. The van der Waals surface area contributed by atoms with E-state index in [1.807, 2.05) is 6.92 Å². The van der Waals surface area contributed by atoms with Crippen LogP contribution >= 0.6 is 0 Å². The molecule has 0 aromatic heterocycles. The summed E-state index contributed by atoms with van der Waals surface area (Å²) < 4.78 is 10.5. The standard InChI is InChI=1S/C15H27NO5.4CH4/c1-7-11(21-14(19)15(3,4)5)8-10(2)20-13(18)9-12(17)16-6;;;;/h10-11H,7-9H2,1-6H3,(H,16,17);4*1H4. The van der Waals surface area contributed by atoms with Gasteiger partial charge in [0.25, 0.3) is 0 Å². The largest absolute Gasteiger partial charge is 0.462 e. The summed E-state index contributed by atoms with van der Waals surface area (Å²) in [7, 11) is 1.46. The van der Waals surface area contributed by atoms with E-state index < -0.39 is 23.4 Å². The third-order valence-corrected chi connectivity index (χ3v) is 2.85. The van der Waals surface area contributed by atoms with Gasteiger partial charge in [-0.25, -0.2) is 0 Å². The Morgan fingerprint density at radius 3 is 1.84 bits per heavy atom. The van der Waals surface area contributed by atoms with Crippen LogP contribution in [-0.2, 0) is 23.9 Å². The molecule has 0 saturated heterocycles. The van der Waals surface area contributed by atoms with Crippen LogP contribution in [0.5, 0.6) is 0 Å². The van der Waals surface area contributed by atoms with Gasteiger partial charge >= 0.3 is 11.9 Å². The second-order valence-corrected chi connectivity index (χ2v) is 6.07. The monoisotopic (exact) mass is 365 g/mol. The second-order valence-electron chi connectivity index (χ2n) is 6.07. The van der Waals surface area contributed by atoms with Gasteiger partial charge in [-0.15, -0.1) is 0 Å². The highest BCUT2D eigenvalue weighted by Gasteiger charge is 2.27. The lowest BCUT2D eigenvalue weighted by Gasteiger charge is -2.24. The lowest BCUT2D eigenvalue weighted by atomic mass is 9.97. The lowest BCUT2D eigenvalue weighted by Crippen LogP contribution is -2.31. The van der Waals surface area contributed by atoms with Gasteiger partial charge in [0.15, 0.2) is 0 Å². The molecule has 0 aliphatic rings. The molecular formula is C19H43NO5. The molecule has 6 nitrogen and oxygen atoms in total. The molecular weight excluding hydrogens is 322 g/mol. The number of rotatable bonds is 7. The maximum Gasteiger partial charge on any atom is 0.315 e. The SMILES string of the molecule is C.C.C.C.CCC(CC(C)OC(=O)CC(=O)NC)OC(=O)C(C)(C)C. The first kappa shape index (κ1) is 34.7. The Kier molecular flexibility index (Phi) is 22.1. The average molecular weight is 366 g/mol. The molecule has 2 unspecified atom stereocenters. The molecule has 0 saturated carbocycles. The number of nitrogens with one attached hydrogen (secondary N) is 1. The summed E-state index contributed by atoms with van der Waals surface area (Å²) in [5, 5.41) is 2.35. The second kappa shape index (κ2) is 15.9. The summed E-state index contributed by atoms with van der Waals surface area (Å²) in [6, 6.07) is 0. The number of carbonyl (C=O) groups is 3. The highest BCUT2D eigenvalue weighted by molar-refractivity contribution is 5.94. The summed E-state index contributed by atoms with van der Waals surface area (Å²) in [5.41, 5.74) is -0.563. The van der Waals surface area contributed by atoms with E-state index in [2.05, 4.69) is 5.32 Å². The van der Waals surface area contributed by atoms with E-state index in [1.54, 1.807) is 27.7 Å². The van der Waals surface area contributed by atoms with Crippen LogP contribution in [0.2, 0.25) is 0 Å². The first-order valence-electron chi connectivity index (χ1n) is 7.21. The van der Waals surface area contributed by atoms with E-state index in [1.165, 1.54) is 7.05 Å². The van der Waals surface area contributed by atoms with E-state index in [4.69, 9.17) is 9.47 Å². The van der Waals surface area contributed by atoms with Gasteiger partial charge in [-0.2, -0.15) is 0 Å². The molecule has 25 heavy (non-hydrogen) atoms. The van der Waals surface area contributed by atoms with Gasteiger partial charge in [0.2, 0.25) is 5.91 Å². The van der Waals surface area contributed by atoms with Crippen LogP contribution in [0, 0.1) is 5.41 Å². The minimum atomic E-state index is -0.584. The van der Waals surface area contributed by atoms with Crippen LogP contribution in [0.4, 0.5) is 0 Å². The van der Waals surface area contributed by atoms with Crippen molar-refractivity contribution in [3.05, 3.63) is 0 Å². The minimum Gasteiger partial charge on any atom is -0.462 e. The van der Waals surface area contributed by atoms with Crippen LogP contribution in [0.1, 0.15) is 83.6 Å². The number of amides is 1. The van der Waals surface area contributed by atoms with Crippen molar-refractivity contribution >= 4 is 17.8 Å². The summed E-state index contributed by atoms with van der Waals surface area (Å²) >= 11 is 0. The molecule has 0 bridgehead atoms. The Labute approximate surface area is 156 Å². The quantitative estimate of drug-likeness (QED) is 0.535. The van der Waals surface area contributed by atoms with Crippen molar-refractivity contribution in [1.82, 2.24) is 5.32 Å². The Morgan fingerprint density at radius 1 is 1.00 bits per heavy atom. The fraction of sp³-hybridized carbons (Fsp3) is 0.842. The molecule has 0 heterocycles. The van der Waals surface area contributed by atoms with Crippen LogP contribution in [0.25, 0.3) is 0 Å². The van der Waals surface area contributed by atoms with E-state index in [9.17, 15) is 14.4 Å². The Bertz CT molecular complexity index is 375. The molecule has 0 aromatic rings. The number of hydrogen-bond acceptors (Lipinski definition) is 5. The zero-order valence-corrected chi connectivity index (χ0v) is 13.8. The normalized spacial score (nSPS) is 11.8. The Hall–Kier alpha value is -1.59. The summed E-state index contributed by atoms with van der Waals surface area (Å²) in [6.45, 7) is 8.98. The molecule has 1 amide bonds. The van der Waals surface area contributed by atoms with Gasteiger partial charge in [-0.3, -0.25) is 14.4 Å². The molecule has 0 rings (SSSR count). The van der Waals surface area contributed by atoms with Crippen molar-refractivity contribution in [2.24, 2.45) is 5.41 Å². The van der Waals surface area contributed by atoms with Crippen LogP contribution in [0.3, 0.4) is 0 Å². The zero-order valence-electron chi connectivity index (χ0n) is 13.8. The Balaban J connectivity index is -0.000000333. The van der Waals surface area contributed by atoms with Gasteiger partial charge in [-0.1, -0.05) is 36.6 Å². The number of esters is 2. The van der Waals surface area contributed by atoms with E-state index in [0.717, 1.165) is 0 Å². The number of hydrogen-bond donors (Lipinski definition) is 1. The Morgan fingerprint density at radius 2 is 1.48 bits per heavy atom. The van der Waals surface area contributed by atoms with Gasteiger partial charge < -0.3 is 14.8 Å². The van der Waals surface area contributed by atoms with Crippen LogP contribution < -0.4 is 5.32 Å². The zero-order chi connectivity index (χ0) is 16.6. The van der Waals surface area contributed by atoms with Crippen LogP contribution in [-0.4, -0.2) is 37.1 Å². The molecule has 0 radical (unpaired) electrons. The first-order valence-corrected chi connectivity index (χ1v) is 7.21. The lowest BCUT2D eigenvalue weighted by molar-refractivity contribution is -0.162. The van der Waals surface area contributed by atoms with E-state index in [-0.39, 0.29) is 48.2 Å². The minimum absolute atomic E-state index is 0. The fourth-order valence-electron chi connectivity index (χ4n) is 1.53. The van der Waals surface area contributed by atoms with Gasteiger partial charge in [0, 0.05) is 13.5 Å². The predicted octanol–water partition coefficient (Wildman–Crippen LogP) is 4.36. The third-order valence-electron chi connectivity index (χ3n) is 2.85. The number of carbonyl (C=O) groups excluding carboxylic acids is 3. The number of ether oxygens (including phenoxy) is 2. The van der Waals surface area contributed by atoms with Crippen molar-refractivity contribution in [2.45, 2.75) is 95.8 Å². The van der Waals surface area contributed by atoms with Crippen molar-refractivity contribution < 1.29 is 23.9 Å². The predicted molar refractivity (Wildman–Crippen MR) is 105 cm³/mol. The van der Waals surface area contributed by atoms with Gasteiger partial charge in [0.05, 0.1) is 5.41 Å². The van der Waals surface area contributed by atoms with Crippen molar-refractivity contribution in [3.63, 3.8) is 0 Å². The maximum absolute atomic E-state index is 11.8. The molecule has 154 valence electrons. The van der Waals surface area contributed by atoms with Gasteiger partial charge in [0.1, 0.15) is 18.6 Å². The first-order chi connectivity index (χ1) is 9.59. The fourth-order valence-corrected chi connectivity index (χ4v) is 1.53. The summed E-state index contributed by atoms with van der Waals surface area (Å²) in [6.07, 6.45) is 0.0236. The topological polar surface area (TPSA) is 81.7 Å². The molecule has 1 N–H and O–H groups in total. The maximum atomic E-state index is 11.8. The molecule has 2 atom stereocenters. The van der Waals surface area contributed by atoms with E-state index >= 15 is 0 Å². The van der Waals surface area contributed by atoms with Crippen LogP contribution in [0.15, 0.2) is 0 Å². The molecule has 0 aliphatic heterocycles. The third kappa shape index (κ3) is 15.7.